The van der Waals surface area contributed by atoms with Crippen LogP contribution in [0.1, 0.15) is 70.8 Å². The van der Waals surface area contributed by atoms with Gasteiger partial charge >= 0.3 is 5.97 Å². The van der Waals surface area contributed by atoms with E-state index in [2.05, 4.69) is 17.2 Å². The van der Waals surface area contributed by atoms with Gasteiger partial charge < -0.3 is 19.5 Å². The van der Waals surface area contributed by atoms with E-state index in [1.807, 2.05) is 25.2 Å². The van der Waals surface area contributed by atoms with Gasteiger partial charge in [-0.25, -0.2) is 22.0 Å². The molecule has 7 nitrogen and oxygen atoms in total. The fourth-order valence-electron chi connectivity index (χ4n) is 3.92. The van der Waals surface area contributed by atoms with Crippen LogP contribution in [0, 0.1) is 40.9 Å². The van der Waals surface area contributed by atoms with Crippen LogP contribution >= 0.6 is 0 Å². The number of hydrogen-bond acceptors (Lipinski definition) is 7. The number of oxime groups is 2. The summed E-state index contributed by atoms with van der Waals surface area (Å²) in [5.74, 6) is -11.8. The smallest absolute Gasteiger partial charge is 0.306 e. The molecule has 0 radical (unpaired) electrons. The van der Waals surface area contributed by atoms with E-state index in [4.69, 9.17) is 14.4 Å². The first-order chi connectivity index (χ1) is 19.6. The van der Waals surface area contributed by atoms with Crippen LogP contribution in [0.25, 0.3) is 0 Å². The molecule has 1 rings (SSSR count). The Morgan fingerprint density at radius 1 is 0.927 bits per heavy atom. The first-order valence-corrected chi connectivity index (χ1v) is 13.4. The molecular weight excluding hydrogens is 551 g/mol. The maximum Gasteiger partial charge on any atom is 0.306 e. The van der Waals surface area contributed by atoms with E-state index in [1.54, 1.807) is 12.3 Å². The van der Waals surface area contributed by atoms with Crippen LogP contribution in [-0.2, 0) is 25.8 Å². The first kappa shape index (κ1) is 35.7. The van der Waals surface area contributed by atoms with E-state index in [-0.39, 0.29) is 18.3 Å². The van der Waals surface area contributed by atoms with Crippen LogP contribution in [0.2, 0.25) is 0 Å². The van der Waals surface area contributed by atoms with E-state index in [1.165, 1.54) is 14.2 Å². The summed E-state index contributed by atoms with van der Waals surface area (Å²) in [6.45, 7) is 2.82. The standard InChI is InChI=1S/C29H39F5N2O5/c1-5-6-9-12-21(37)16-15-20(17-35-39-3)22(19(2)36-40-4)13-10-7-8-11-14-24(38)41-18-23-25(30)27(32)29(34)28(33)26(23)31/h7,10,15-17,20-22,37H,5-6,8-9,11-14,18H2,1-4H3/b10-7-,16-15+,35-17+,36-19-/t20-,21-,22-/m0/s1. The van der Waals surface area contributed by atoms with Crippen LogP contribution in [0.3, 0.4) is 0 Å². The summed E-state index contributed by atoms with van der Waals surface area (Å²) < 4.78 is 71.9. The molecule has 0 heterocycles. The van der Waals surface area contributed by atoms with Crippen molar-refractivity contribution < 1.29 is 46.3 Å². The number of ether oxygens (including phenoxy) is 1. The Bertz CT molecular complexity index is 1050. The number of unbranched alkanes of at least 4 members (excludes halogenated alkanes) is 3. The van der Waals surface area contributed by atoms with Crippen LogP contribution < -0.4 is 0 Å². The summed E-state index contributed by atoms with van der Waals surface area (Å²) in [5, 5.41) is 18.3. The minimum absolute atomic E-state index is 0.130. The molecule has 0 aliphatic heterocycles. The fourth-order valence-corrected chi connectivity index (χ4v) is 3.92. The molecule has 0 unspecified atom stereocenters. The van der Waals surface area contributed by atoms with Gasteiger partial charge in [-0.15, -0.1) is 0 Å². The van der Waals surface area contributed by atoms with Crippen LogP contribution in [0.4, 0.5) is 22.0 Å². The Morgan fingerprint density at radius 2 is 1.59 bits per heavy atom. The number of allylic oxidation sites excluding steroid dienone is 3. The molecule has 12 heteroatoms. The second kappa shape index (κ2) is 19.7. The molecule has 0 aliphatic rings. The van der Waals surface area contributed by atoms with Gasteiger partial charge in [0.15, 0.2) is 23.3 Å². The van der Waals surface area contributed by atoms with Gasteiger partial charge in [0.05, 0.1) is 23.6 Å². The highest BCUT2D eigenvalue weighted by molar-refractivity contribution is 5.87. The molecule has 1 N–H and O–H groups in total. The Morgan fingerprint density at radius 3 is 2.20 bits per heavy atom. The molecule has 0 bridgehead atoms. The summed E-state index contributed by atoms with van der Waals surface area (Å²) in [6, 6.07) is 0. The second-order valence-electron chi connectivity index (χ2n) is 9.29. The third kappa shape index (κ3) is 12.4. The number of carbonyl (C=O) groups excluding carboxylic acids is 1. The minimum atomic E-state index is -2.28. The lowest BCUT2D eigenvalue weighted by atomic mass is 9.85. The highest BCUT2D eigenvalue weighted by Gasteiger charge is 2.26. The number of nitrogens with zero attached hydrogens (tertiary/aromatic N) is 2. The third-order valence-electron chi connectivity index (χ3n) is 6.22. The lowest BCUT2D eigenvalue weighted by molar-refractivity contribution is -0.145. The average Bonchev–Trinajstić information content (AvgIpc) is 2.95. The van der Waals surface area contributed by atoms with Crippen molar-refractivity contribution in [2.24, 2.45) is 22.1 Å². The quantitative estimate of drug-likeness (QED) is 0.0276. The minimum Gasteiger partial charge on any atom is -0.461 e. The van der Waals surface area contributed by atoms with Crippen molar-refractivity contribution in [3.8, 4) is 0 Å². The summed E-state index contributed by atoms with van der Waals surface area (Å²) >= 11 is 0. The lowest BCUT2D eigenvalue weighted by Gasteiger charge is -2.20. The molecular formula is C29H39F5N2O5. The van der Waals surface area contributed by atoms with E-state index in [0.717, 1.165) is 19.3 Å². The van der Waals surface area contributed by atoms with Crippen LogP contribution in [0.5, 0.6) is 0 Å². The zero-order valence-electron chi connectivity index (χ0n) is 23.8. The Balaban J connectivity index is 2.73. The number of rotatable bonds is 19. The van der Waals surface area contributed by atoms with Crippen molar-refractivity contribution >= 4 is 17.9 Å². The molecule has 0 fully saturated rings. The molecule has 0 aromatic heterocycles. The molecule has 0 spiro atoms. The molecule has 0 aliphatic carbocycles. The lowest BCUT2D eigenvalue weighted by Crippen LogP contribution is -2.22. The van der Waals surface area contributed by atoms with E-state index < -0.39 is 53.3 Å². The van der Waals surface area contributed by atoms with Gasteiger partial charge in [-0.1, -0.05) is 60.8 Å². The average molecular weight is 591 g/mol. The highest BCUT2D eigenvalue weighted by Crippen LogP contribution is 2.24. The molecule has 1 aromatic carbocycles. The topological polar surface area (TPSA) is 89.7 Å². The maximum absolute atomic E-state index is 13.7. The number of esters is 1. The number of hydrogen-bond donors (Lipinski definition) is 1. The Labute approximate surface area is 237 Å². The van der Waals surface area contributed by atoms with Crippen LogP contribution in [-0.4, -0.2) is 43.3 Å². The van der Waals surface area contributed by atoms with E-state index in [9.17, 15) is 31.9 Å². The van der Waals surface area contributed by atoms with Crippen molar-refractivity contribution in [1.82, 2.24) is 0 Å². The Kier molecular flexibility index (Phi) is 17.2. The highest BCUT2D eigenvalue weighted by atomic mass is 19.2. The second-order valence-corrected chi connectivity index (χ2v) is 9.29. The zero-order valence-corrected chi connectivity index (χ0v) is 23.8. The summed E-state index contributed by atoms with van der Waals surface area (Å²) in [7, 11) is 2.86. The first-order valence-electron chi connectivity index (χ1n) is 13.4. The maximum atomic E-state index is 13.7. The molecule has 0 amide bonds. The van der Waals surface area contributed by atoms with Gasteiger partial charge in [0.25, 0.3) is 0 Å². The predicted molar refractivity (Wildman–Crippen MR) is 146 cm³/mol. The SMILES string of the molecule is CCCCC[C@H](O)/C=C/[C@@H](/C=N/OC)[C@@H](C/C=C\CCCC(=O)OCc1c(F)c(F)c(F)c(F)c1F)/C(C)=N\OC. The summed E-state index contributed by atoms with van der Waals surface area (Å²) in [5.41, 5.74) is -0.519. The monoisotopic (exact) mass is 590 g/mol. The van der Waals surface area contributed by atoms with Crippen molar-refractivity contribution in [2.75, 3.05) is 14.2 Å². The normalized spacial score (nSPS) is 14.6. The van der Waals surface area contributed by atoms with Gasteiger partial charge in [-0.2, -0.15) is 0 Å². The number of benzene rings is 1. The van der Waals surface area contributed by atoms with Gasteiger partial charge in [0, 0.05) is 18.3 Å². The summed E-state index contributed by atoms with van der Waals surface area (Å²) in [4.78, 5) is 21.7. The number of carbonyl (C=O) groups is 1. The molecule has 230 valence electrons. The number of aliphatic hydroxyl groups excluding tert-OH is 1. The van der Waals surface area contributed by atoms with Gasteiger partial charge in [0.2, 0.25) is 5.82 Å². The molecule has 1 aromatic rings. The van der Waals surface area contributed by atoms with Crippen molar-refractivity contribution in [1.29, 1.82) is 0 Å². The number of halogens is 5. The van der Waals surface area contributed by atoms with Crippen molar-refractivity contribution in [3.63, 3.8) is 0 Å². The largest absolute Gasteiger partial charge is 0.461 e. The zero-order chi connectivity index (χ0) is 30.8. The van der Waals surface area contributed by atoms with E-state index >= 15 is 0 Å². The van der Waals surface area contributed by atoms with Gasteiger partial charge in [-0.05, 0) is 32.6 Å². The van der Waals surface area contributed by atoms with Gasteiger partial charge in [0.1, 0.15) is 20.8 Å². The van der Waals surface area contributed by atoms with E-state index in [0.29, 0.717) is 31.4 Å². The number of aliphatic hydroxyl groups is 1. The van der Waals surface area contributed by atoms with Crippen molar-refractivity contribution in [3.05, 3.63) is 59.0 Å². The fraction of sp³-hybridized carbons (Fsp3) is 0.552. The molecule has 41 heavy (non-hydrogen) atoms. The molecule has 3 atom stereocenters. The summed E-state index contributed by atoms with van der Waals surface area (Å²) in [6.07, 6.45) is 13.1. The molecule has 0 saturated carbocycles. The molecule has 0 saturated heterocycles. The predicted octanol–water partition coefficient (Wildman–Crippen LogP) is 6.93. The van der Waals surface area contributed by atoms with Crippen LogP contribution in [0.15, 0.2) is 34.6 Å². The van der Waals surface area contributed by atoms with Crippen molar-refractivity contribution in [2.45, 2.75) is 77.9 Å². The third-order valence-corrected chi connectivity index (χ3v) is 6.22. The van der Waals surface area contributed by atoms with Gasteiger partial charge in [-0.3, -0.25) is 4.79 Å². The Hall–Kier alpha value is -3.28.